The number of para-hydroxylation sites is 2. The molecule has 0 atom stereocenters. The molecule has 29 heavy (non-hydrogen) atoms. The van der Waals surface area contributed by atoms with E-state index >= 15 is 0 Å². The normalized spacial score (nSPS) is 10.6. The zero-order valence-corrected chi connectivity index (χ0v) is 16.3. The molecule has 1 aromatic heterocycles. The standard InChI is InChI=1S/C22H23N3O4/c1-25(14-18-6-5-13-29-18)15-21(26)23-17-11-9-16(10-12-17)22(27)24-19-7-3-4-8-20(19)28-2/h3-13H,14-15H2,1-2H3,(H,23,26)(H,24,27). The number of methoxy groups -OCH3 is 1. The summed E-state index contributed by atoms with van der Waals surface area (Å²) in [5.74, 6) is 0.977. The number of amides is 2. The molecule has 7 heteroatoms. The lowest BCUT2D eigenvalue weighted by atomic mass is 10.2. The summed E-state index contributed by atoms with van der Waals surface area (Å²) in [7, 11) is 3.39. The maximum absolute atomic E-state index is 12.4. The molecule has 0 unspecified atom stereocenters. The highest BCUT2D eigenvalue weighted by atomic mass is 16.5. The number of benzene rings is 2. The molecule has 0 bridgehead atoms. The highest BCUT2D eigenvalue weighted by molar-refractivity contribution is 6.05. The number of ether oxygens (including phenoxy) is 1. The number of anilines is 2. The fourth-order valence-corrected chi connectivity index (χ4v) is 2.82. The molecule has 0 aliphatic heterocycles. The first-order chi connectivity index (χ1) is 14.0. The number of nitrogens with one attached hydrogen (secondary N) is 2. The molecule has 0 saturated carbocycles. The van der Waals surface area contributed by atoms with Gasteiger partial charge in [-0.2, -0.15) is 0 Å². The van der Waals surface area contributed by atoms with Crippen molar-refractivity contribution >= 4 is 23.2 Å². The summed E-state index contributed by atoms with van der Waals surface area (Å²) in [5.41, 5.74) is 1.69. The first-order valence-corrected chi connectivity index (χ1v) is 9.10. The Morgan fingerprint density at radius 2 is 1.76 bits per heavy atom. The number of likely N-dealkylation sites (N-methyl/N-ethyl adjacent to an activating group) is 1. The van der Waals surface area contributed by atoms with Gasteiger partial charge < -0.3 is 19.8 Å². The maximum atomic E-state index is 12.4. The molecule has 0 saturated heterocycles. The molecule has 0 radical (unpaired) electrons. The summed E-state index contributed by atoms with van der Waals surface area (Å²) >= 11 is 0. The van der Waals surface area contributed by atoms with Crippen LogP contribution in [0.2, 0.25) is 0 Å². The van der Waals surface area contributed by atoms with Crippen LogP contribution in [-0.4, -0.2) is 37.4 Å². The molecule has 150 valence electrons. The van der Waals surface area contributed by atoms with E-state index in [1.807, 2.05) is 36.2 Å². The van der Waals surface area contributed by atoms with Gasteiger partial charge in [0.2, 0.25) is 5.91 Å². The van der Waals surface area contributed by atoms with Crippen molar-refractivity contribution in [2.75, 3.05) is 31.3 Å². The summed E-state index contributed by atoms with van der Waals surface area (Å²) in [6, 6.07) is 17.6. The van der Waals surface area contributed by atoms with E-state index in [4.69, 9.17) is 9.15 Å². The third-order valence-corrected chi connectivity index (χ3v) is 4.21. The van der Waals surface area contributed by atoms with Gasteiger partial charge in [0, 0.05) is 11.3 Å². The lowest BCUT2D eigenvalue weighted by Crippen LogP contribution is -2.29. The molecule has 0 aliphatic rings. The summed E-state index contributed by atoms with van der Waals surface area (Å²) in [6.45, 7) is 0.763. The van der Waals surface area contributed by atoms with Gasteiger partial charge in [-0.1, -0.05) is 12.1 Å². The van der Waals surface area contributed by atoms with Gasteiger partial charge in [0.1, 0.15) is 11.5 Å². The summed E-state index contributed by atoms with van der Waals surface area (Å²) in [4.78, 5) is 26.5. The van der Waals surface area contributed by atoms with Crippen LogP contribution in [0.1, 0.15) is 16.1 Å². The lowest BCUT2D eigenvalue weighted by Gasteiger charge is -2.15. The second kappa shape index (κ2) is 9.57. The fourth-order valence-electron chi connectivity index (χ4n) is 2.82. The van der Waals surface area contributed by atoms with Crippen molar-refractivity contribution < 1.29 is 18.7 Å². The molecule has 3 rings (SSSR count). The summed E-state index contributed by atoms with van der Waals surface area (Å²) in [5, 5.41) is 5.64. The van der Waals surface area contributed by atoms with Gasteiger partial charge >= 0.3 is 0 Å². The molecular formula is C22H23N3O4. The van der Waals surface area contributed by atoms with Crippen LogP contribution in [-0.2, 0) is 11.3 Å². The third kappa shape index (κ3) is 5.70. The van der Waals surface area contributed by atoms with E-state index in [2.05, 4.69) is 10.6 Å². The highest BCUT2D eigenvalue weighted by Gasteiger charge is 2.11. The van der Waals surface area contributed by atoms with E-state index in [1.165, 1.54) is 0 Å². The minimum absolute atomic E-state index is 0.148. The Kier molecular flexibility index (Phi) is 6.65. The van der Waals surface area contributed by atoms with Crippen molar-refractivity contribution in [3.63, 3.8) is 0 Å². The third-order valence-electron chi connectivity index (χ3n) is 4.21. The van der Waals surface area contributed by atoms with Crippen molar-refractivity contribution in [1.29, 1.82) is 0 Å². The van der Waals surface area contributed by atoms with E-state index in [1.54, 1.807) is 49.8 Å². The SMILES string of the molecule is COc1ccccc1NC(=O)c1ccc(NC(=O)CN(C)Cc2ccco2)cc1. The molecule has 7 nitrogen and oxygen atoms in total. The van der Waals surface area contributed by atoms with Crippen molar-refractivity contribution in [1.82, 2.24) is 4.90 Å². The minimum atomic E-state index is -0.259. The number of furan rings is 1. The summed E-state index contributed by atoms with van der Waals surface area (Å²) in [6.07, 6.45) is 1.61. The van der Waals surface area contributed by atoms with E-state index in [9.17, 15) is 9.59 Å². The number of carbonyl (C=O) groups excluding carboxylic acids is 2. The summed E-state index contributed by atoms with van der Waals surface area (Å²) < 4.78 is 10.5. The van der Waals surface area contributed by atoms with Crippen LogP contribution in [0.3, 0.4) is 0 Å². The zero-order valence-electron chi connectivity index (χ0n) is 16.3. The van der Waals surface area contributed by atoms with E-state index in [-0.39, 0.29) is 18.4 Å². The predicted molar refractivity (Wildman–Crippen MR) is 111 cm³/mol. The monoisotopic (exact) mass is 393 g/mol. The number of nitrogens with zero attached hydrogens (tertiary/aromatic N) is 1. The van der Waals surface area contributed by atoms with Gasteiger partial charge in [0.25, 0.3) is 5.91 Å². The van der Waals surface area contributed by atoms with Gasteiger partial charge in [0.05, 0.1) is 32.1 Å². The van der Waals surface area contributed by atoms with Gasteiger partial charge in [-0.15, -0.1) is 0 Å². The second-order valence-corrected chi connectivity index (χ2v) is 6.53. The van der Waals surface area contributed by atoms with Crippen LogP contribution < -0.4 is 15.4 Å². The van der Waals surface area contributed by atoms with Crippen molar-refractivity contribution in [2.24, 2.45) is 0 Å². The van der Waals surface area contributed by atoms with Gasteiger partial charge in [-0.25, -0.2) is 0 Å². The minimum Gasteiger partial charge on any atom is -0.495 e. The van der Waals surface area contributed by atoms with Crippen molar-refractivity contribution in [3.8, 4) is 5.75 Å². The lowest BCUT2D eigenvalue weighted by molar-refractivity contribution is -0.117. The van der Waals surface area contributed by atoms with Crippen LogP contribution in [0.4, 0.5) is 11.4 Å². The molecular weight excluding hydrogens is 370 g/mol. The number of hydrogen-bond donors (Lipinski definition) is 2. The maximum Gasteiger partial charge on any atom is 0.255 e. The Morgan fingerprint density at radius 3 is 2.45 bits per heavy atom. The zero-order chi connectivity index (χ0) is 20.6. The van der Waals surface area contributed by atoms with Crippen LogP contribution in [0.5, 0.6) is 5.75 Å². The van der Waals surface area contributed by atoms with E-state index in [0.717, 1.165) is 5.76 Å². The van der Waals surface area contributed by atoms with Gasteiger partial charge in [-0.3, -0.25) is 14.5 Å². The molecule has 2 amide bonds. The molecule has 2 N–H and O–H groups in total. The van der Waals surface area contributed by atoms with E-state index < -0.39 is 0 Å². The van der Waals surface area contributed by atoms with Crippen LogP contribution in [0.15, 0.2) is 71.3 Å². The Balaban J connectivity index is 1.54. The number of rotatable bonds is 8. The van der Waals surface area contributed by atoms with Crippen LogP contribution >= 0.6 is 0 Å². The number of carbonyl (C=O) groups is 2. The average Bonchev–Trinajstić information content (AvgIpc) is 3.21. The smallest absolute Gasteiger partial charge is 0.255 e. The molecule has 3 aromatic rings. The Morgan fingerprint density at radius 1 is 1.00 bits per heavy atom. The molecule has 2 aromatic carbocycles. The number of hydrogen-bond acceptors (Lipinski definition) is 5. The predicted octanol–water partition coefficient (Wildman–Crippen LogP) is 3.61. The van der Waals surface area contributed by atoms with Crippen molar-refractivity contribution in [3.05, 3.63) is 78.3 Å². The Hall–Kier alpha value is -3.58. The van der Waals surface area contributed by atoms with Crippen LogP contribution in [0, 0.1) is 0 Å². The van der Waals surface area contributed by atoms with Gasteiger partial charge in [0.15, 0.2) is 0 Å². The largest absolute Gasteiger partial charge is 0.495 e. The first-order valence-electron chi connectivity index (χ1n) is 9.10. The molecule has 0 fully saturated rings. The molecule has 0 aliphatic carbocycles. The topological polar surface area (TPSA) is 83.8 Å². The quantitative estimate of drug-likeness (QED) is 0.611. The Bertz CT molecular complexity index is 952. The Labute approximate surface area is 169 Å². The van der Waals surface area contributed by atoms with Crippen molar-refractivity contribution in [2.45, 2.75) is 6.54 Å². The van der Waals surface area contributed by atoms with Crippen LogP contribution in [0.25, 0.3) is 0 Å². The molecule has 0 spiro atoms. The average molecular weight is 393 g/mol. The van der Waals surface area contributed by atoms with Gasteiger partial charge in [-0.05, 0) is 55.6 Å². The second-order valence-electron chi connectivity index (χ2n) is 6.53. The fraction of sp³-hybridized carbons (Fsp3) is 0.182. The van der Waals surface area contributed by atoms with E-state index in [0.29, 0.717) is 29.2 Å². The first kappa shape index (κ1) is 20.2. The highest BCUT2D eigenvalue weighted by Crippen LogP contribution is 2.23. The molecule has 1 heterocycles.